The van der Waals surface area contributed by atoms with Crippen molar-refractivity contribution < 1.29 is 19.3 Å². The second kappa shape index (κ2) is 4.00. The maximum absolute atomic E-state index is 12.4. The number of imidazole rings is 1. The van der Waals surface area contributed by atoms with Gasteiger partial charge in [-0.15, -0.1) is 0 Å². The molecule has 1 aliphatic heterocycles. The summed E-state index contributed by atoms with van der Waals surface area (Å²) in [5.41, 5.74) is 0.946. The maximum atomic E-state index is 12.4. The van der Waals surface area contributed by atoms with Crippen LogP contribution in [-0.4, -0.2) is 41.9 Å². The van der Waals surface area contributed by atoms with E-state index in [2.05, 4.69) is 15.0 Å². The summed E-state index contributed by atoms with van der Waals surface area (Å²) >= 11 is 0. The molecule has 94 valence electrons. The van der Waals surface area contributed by atoms with E-state index in [9.17, 15) is 14.6 Å². The standard InChI is InChI=1S/C10H9FN4O3/c11-1-6-7(16)8(17)10(18-6)15-4-14-5-2-12-3-13-9(5)15/h1-4,7-8,10,16-17H/b6-1+/t7-,8-,10-/m1/s1. The Morgan fingerprint density at radius 1 is 1.39 bits per heavy atom. The number of hydrogen-bond donors (Lipinski definition) is 2. The first kappa shape index (κ1) is 11.1. The number of rotatable bonds is 1. The molecule has 1 aliphatic rings. The van der Waals surface area contributed by atoms with E-state index in [-0.39, 0.29) is 12.1 Å². The molecule has 18 heavy (non-hydrogen) atoms. The highest BCUT2D eigenvalue weighted by molar-refractivity contribution is 5.69. The van der Waals surface area contributed by atoms with Crippen LogP contribution in [0.1, 0.15) is 6.23 Å². The molecule has 0 spiro atoms. The minimum atomic E-state index is -1.40. The molecule has 0 saturated carbocycles. The van der Waals surface area contributed by atoms with E-state index < -0.39 is 18.4 Å². The molecule has 3 atom stereocenters. The van der Waals surface area contributed by atoms with Crippen LogP contribution < -0.4 is 0 Å². The number of aliphatic hydroxyl groups is 2. The fourth-order valence-corrected chi connectivity index (χ4v) is 1.89. The Balaban J connectivity index is 2.06. The maximum Gasteiger partial charge on any atom is 0.207 e. The zero-order valence-corrected chi connectivity index (χ0v) is 9.01. The fourth-order valence-electron chi connectivity index (χ4n) is 1.89. The Labute approximate surface area is 100 Å². The molecule has 2 aromatic heterocycles. The van der Waals surface area contributed by atoms with Gasteiger partial charge < -0.3 is 14.9 Å². The highest BCUT2D eigenvalue weighted by Crippen LogP contribution is 2.33. The summed E-state index contributed by atoms with van der Waals surface area (Å²) in [5.74, 6) is -0.316. The summed E-state index contributed by atoms with van der Waals surface area (Å²) in [6.07, 6.45) is 0.677. The van der Waals surface area contributed by atoms with Crippen molar-refractivity contribution in [2.75, 3.05) is 0 Å². The highest BCUT2D eigenvalue weighted by atomic mass is 19.1. The first-order valence-corrected chi connectivity index (χ1v) is 5.18. The van der Waals surface area contributed by atoms with Crippen molar-refractivity contribution in [1.29, 1.82) is 0 Å². The molecular weight excluding hydrogens is 243 g/mol. The van der Waals surface area contributed by atoms with Gasteiger partial charge in [-0.2, -0.15) is 0 Å². The van der Waals surface area contributed by atoms with Crippen LogP contribution in [0.3, 0.4) is 0 Å². The number of aliphatic hydroxyl groups excluding tert-OH is 2. The number of nitrogens with zero attached hydrogens (tertiary/aromatic N) is 4. The monoisotopic (exact) mass is 252 g/mol. The van der Waals surface area contributed by atoms with Crippen molar-refractivity contribution in [1.82, 2.24) is 19.5 Å². The van der Waals surface area contributed by atoms with Crippen LogP contribution >= 0.6 is 0 Å². The van der Waals surface area contributed by atoms with Gasteiger partial charge in [0.25, 0.3) is 0 Å². The van der Waals surface area contributed by atoms with Gasteiger partial charge in [0.05, 0.1) is 6.20 Å². The molecule has 0 amide bonds. The van der Waals surface area contributed by atoms with Gasteiger partial charge in [-0.1, -0.05) is 0 Å². The fraction of sp³-hybridized carbons (Fsp3) is 0.300. The van der Waals surface area contributed by atoms with Crippen molar-refractivity contribution in [3.63, 3.8) is 0 Å². The normalized spacial score (nSPS) is 29.9. The average Bonchev–Trinajstić information content (AvgIpc) is 2.93. The SMILES string of the molecule is O[C@@H]1[C@H](O)/C(=C\F)O[C@H]1n1cnc2cncnc21. The summed E-state index contributed by atoms with van der Waals surface area (Å²) in [6, 6.07) is 0. The van der Waals surface area contributed by atoms with Gasteiger partial charge in [0.15, 0.2) is 11.4 Å². The molecule has 7 nitrogen and oxygen atoms in total. The lowest BCUT2D eigenvalue weighted by Gasteiger charge is -2.15. The molecule has 0 aromatic carbocycles. The number of hydrogen-bond acceptors (Lipinski definition) is 6. The Hall–Kier alpha value is -2.06. The lowest BCUT2D eigenvalue weighted by Crippen LogP contribution is -2.27. The van der Waals surface area contributed by atoms with Crippen LogP contribution in [0.2, 0.25) is 0 Å². The van der Waals surface area contributed by atoms with Gasteiger partial charge >= 0.3 is 0 Å². The highest BCUT2D eigenvalue weighted by Gasteiger charge is 2.41. The second-order valence-electron chi connectivity index (χ2n) is 3.84. The van der Waals surface area contributed by atoms with Gasteiger partial charge in [-0.3, -0.25) is 4.57 Å². The largest absolute Gasteiger partial charge is 0.466 e. The van der Waals surface area contributed by atoms with Crippen molar-refractivity contribution in [3.05, 3.63) is 30.9 Å². The Morgan fingerprint density at radius 3 is 2.94 bits per heavy atom. The van der Waals surface area contributed by atoms with E-state index in [0.717, 1.165) is 0 Å². The lowest BCUT2D eigenvalue weighted by molar-refractivity contribution is -0.0120. The van der Waals surface area contributed by atoms with Crippen LogP contribution in [-0.2, 0) is 4.74 Å². The number of halogens is 1. The Morgan fingerprint density at radius 2 is 2.22 bits per heavy atom. The predicted molar refractivity (Wildman–Crippen MR) is 56.6 cm³/mol. The summed E-state index contributed by atoms with van der Waals surface area (Å²) < 4.78 is 19.0. The molecular formula is C10H9FN4O3. The molecule has 2 N–H and O–H groups in total. The van der Waals surface area contributed by atoms with E-state index in [1.54, 1.807) is 0 Å². The van der Waals surface area contributed by atoms with Crippen molar-refractivity contribution in [3.8, 4) is 0 Å². The second-order valence-corrected chi connectivity index (χ2v) is 3.84. The lowest BCUT2D eigenvalue weighted by atomic mass is 10.2. The first-order valence-electron chi connectivity index (χ1n) is 5.18. The van der Waals surface area contributed by atoms with Crippen LogP contribution in [0, 0.1) is 0 Å². The van der Waals surface area contributed by atoms with Crippen molar-refractivity contribution in [2.24, 2.45) is 0 Å². The van der Waals surface area contributed by atoms with E-state index >= 15 is 0 Å². The van der Waals surface area contributed by atoms with Gasteiger partial charge in [-0.25, -0.2) is 19.3 Å². The minimum absolute atomic E-state index is 0.127. The van der Waals surface area contributed by atoms with E-state index in [0.29, 0.717) is 11.2 Å². The topological polar surface area (TPSA) is 93.3 Å². The van der Waals surface area contributed by atoms with E-state index in [1.807, 2.05) is 0 Å². The number of ether oxygens (including phenoxy) is 1. The summed E-state index contributed by atoms with van der Waals surface area (Å²) in [6.45, 7) is 0. The molecule has 0 aliphatic carbocycles. The summed E-state index contributed by atoms with van der Waals surface area (Å²) in [7, 11) is 0. The van der Waals surface area contributed by atoms with Crippen LogP contribution in [0.15, 0.2) is 30.9 Å². The third-order valence-corrected chi connectivity index (χ3v) is 2.78. The molecule has 1 fully saturated rings. The smallest absolute Gasteiger partial charge is 0.207 e. The minimum Gasteiger partial charge on any atom is -0.466 e. The van der Waals surface area contributed by atoms with Gasteiger partial charge in [-0.05, 0) is 0 Å². The van der Waals surface area contributed by atoms with Crippen LogP contribution in [0.25, 0.3) is 11.2 Å². The van der Waals surface area contributed by atoms with E-state index in [1.165, 1.54) is 23.4 Å². The third kappa shape index (κ3) is 1.46. The predicted octanol–water partition coefficient (Wildman–Crippen LogP) is -0.112. The van der Waals surface area contributed by atoms with Gasteiger partial charge in [0.1, 0.15) is 36.7 Å². The molecule has 0 radical (unpaired) electrons. The zero-order valence-electron chi connectivity index (χ0n) is 9.01. The molecule has 2 aromatic rings. The average molecular weight is 252 g/mol. The molecule has 1 saturated heterocycles. The number of aromatic nitrogens is 4. The van der Waals surface area contributed by atoms with Crippen molar-refractivity contribution >= 4 is 11.2 Å². The van der Waals surface area contributed by atoms with Crippen LogP contribution in [0.5, 0.6) is 0 Å². The van der Waals surface area contributed by atoms with Crippen LogP contribution in [0.4, 0.5) is 4.39 Å². The van der Waals surface area contributed by atoms with Crippen molar-refractivity contribution in [2.45, 2.75) is 18.4 Å². The zero-order chi connectivity index (χ0) is 12.7. The molecule has 3 rings (SSSR count). The summed E-state index contributed by atoms with van der Waals surface area (Å²) in [5, 5.41) is 19.4. The van der Waals surface area contributed by atoms with E-state index in [4.69, 9.17) is 4.74 Å². The Kier molecular flexibility index (Phi) is 2.46. The molecule has 3 heterocycles. The number of fused-ring (bicyclic) bond motifs is 1. The molecule has 0 unspecified atom stereocenters. The summed E-state index contributed by atoms with van der Waals surface area (Å²) in [4.78, 5) is 11.8. The molecule has 8 heteroatoms. The van der Waals surface area contributed by atoms with Gasteiger partial charge in [0.2, 0.25) is 6.23 Å². The quantitative estimate of drug-likeness (QED) is 0.735. The molecule has 0 bridgehead atoms. The Bertz CT molecular complexity index is 614. The van der Waals surface area contributed by atoms with Gasteiger partial charge in [0, 0.05) is 0 Å². The first-order chi connectivity index (χ1) is 8.72. The third-order valence-electron chi connectivity index (χ3n) is 2.78.